The van der Waals surface area contributed by atoms with Crippen molar-refractivity contribution in [3.8, 4) is 0 Å². The summed E-state index contributed by atoms with van der Waals surface area (Å²) in [4.78, 5) is 15.8. The molecule has 0 aromatic carbocycles. The van der Waals surface area contributed by atoms with Gasteiger partial charge in [-0.2, -0.15) is 0 Å². The van der Waals surface area contributed by atoms with Crippen molar-refractivity contribution in [3.63, 3.8) is 0 Å². The van der Waals surface area contributed by atoms with Gasteiger partial charge < -0.3 is 10.6 Å². The van der Waals surface area contributed by atoms with E-state index in [1.54, 1.807) is 11.3 Å². The van der Waals surface area contributed by atoms with Crippen LogP contribution in [0.1, 0.15) is 31.7 Å². The fourth-order valence-electron chi connectivity index (χ4n) is 2.56. The van der Waals surface area contributed by atoms with Crippen LogP contribution in [-0.2, 0) is 4.79 Å². The first-order valence-corrected chi connectivity index (χ1v) is 8.23. The fraction of sp³-hybridized carbons (Fsp3) is 0.667. The molecule has 1 aliphatic rings. The molecule has 1 saturated heterocycles. The third-order valence-corrected chi connectivity index (χ3v) is 4.77. The maximum Gasteiger partial charge on any atom is 0.234 e. The standard InChI is InChI=1S/C15H25N3OS/c1-11(2)15(13-5-4-8-20-13)17-14(19)10-18-7-6-16-9-12(18)3/h4-5,8,11-12,15-16H,6-7,9-10H2,1-3H3,(H,17,19)/t12-,15?/m0/s1. The maximum absolute atomic E-state index is 12.3. The molecule has 2 rings (SSSR count). The molecule has 2 N–H and O–H groups in total. The Kier molecular flexibility index (Phi) is 5.57. The SMILES string of the molecule is CC(C)C(NC(=O)CN1CCNC[C@@H]1C)c1cccs1. The molecular formula is C15H25N3OS. The summed E-state index contributed by atoms with van der Waals surface area (Å²) in [6, 6.07) is 4.69. The highest BCUT2D eigenvalue weighted by Crippen LogP contribution is 2.25. The van der Waals surface area contributed by atoms with E-state index in [0.717, 1.165) is 19.6 Å². The van der Waals surface area contributed by atoms with E-state index in [1.165, 1.54) is 4.88 Å². The number of hydrogen-bond donors (Lipinski definition) is 2. The van der Waals surface area contributed by atoms with Crippen LogP contribution in [0.4, 0.5) is 0 Å². The van der Waals surface area contributed by atoms with E-state index >= 15 is 0 Å². The monoisotopic (exact) mass is 295 g/mol. The molecule has 1 aromatic heterocycles. The molecule has 1 aliphatic heterocycles. The lowest BCUT2D eigenvalue weighted by atomic mass is 10.0. The summed E-state index contributed by atoms with van der Waals surface area (Å²) in [5.74, 6) is 0.531. The van der Waals surface area contributed by atoms with Gasteiger partial charge >= 0.3 is 0 Å². The van der Waals surface area contributed by atoms with Crippen molar-refractivity contribution < 1.29 is 4.79 Å². The molecule has 4 nitrogen and oxygen atoms in total. The summed E-state index contributed by atoms with van der Waals surface area (Å²) < 4.78 is 0. The summed E-state index contributed by atoms with van der Waals surface area (Å²) in [5.41, 5.74) is 0. The molecule has 2 atom stereocenters. The number of hydrogen-bond acceptors (Lipinski definition) is 4. The Morgan fingerprint density at radius 3 is 3.00 bits per heavy atom. The van der Waals surface area contributed by atoms with Crippen LogP contribution in [0.25, 0.3) is 0 Å². The van der Waals surface area contributed by atoms with Crippen LogP contribution in [0.15, 0.2) is 17.5 Å². The number of amides is 1. The number of nitrogens with one attached hydrogen (secondary N) is 2. The van der Waals surface area contributed by atoms with Gasteiger partial charge in [0.1, 0.15) is 0 Å². The summed E-state index contributed by atoms with van der Waals surface area (Å²) in [5, 5.41) is 8.61. The van der Waals surface area contributed by atoms with Crippen molar-refractivity contribution in [2.24, 2.45) is 5.92 Å². The van der Waals surface area contributed by atoms with Gasteiger partial charge in [-0.05, 0) is 24.3 Å². The predicted molar refractivity (Wildman–Crippen MR) is 83.9 cm³/mol. The molecule has 0 spiro atoms. The van der Waals surface area contributed by atoms with Gasteiger partial charge in [-0.3, -0.25) is 9.69 Å². The largest absolute Gasteiger partial charge is 0.347 e. The highest BCUT2D eigenvalue weighted by Gasteiger charge is 2.23. The zero-order valence-corrected chi connectivity index (χ0v) is 13.4. The molecule has 2 heterocycles. The third-order valence-electron chi connectivity index (χ3n) is 3.82. The lowest BCUT2D eigenvalue weighted by Crippen LogP contribution is -2.53. The third kappa shape index (κ3) is 4.04. The molecule has 0 bridgehead atoms. The van der Waals surface area contributed by atoms with Gasteiger partial charge in [-0.15, -0.1) is 11.3 Å². The van der Waals surface area contributed by atoms with Gasteiger partial charge in [0.25, 0.3) is 0 Å². The number of carbonyl (C=O) groups excluding carboxylic acids is 1. The number of nitrogens with zero attached hydrogens (tertiary/aromatic N) is 1. The lowest BCUT2D eigenvalue weighted by Gasteiger charge is -2.33. The summed E-state index contributed by atoms with van der Waals surface area (Å²) in [6.07, 6.45) is 0. The van der Waals surface area contributed by atoms with Gasteiger partial charge in [0, 0.05) is 30.6 Å². The van der Waals surface area contributed by atoms with E-state index < -0.39 is 0 Å². The Morgan fingerprint density at radius 2 is 2.40 bits per heavy atom. The zero-order valence-electron chi connectivity index (χ0n) is 12.6. The van der Waals surface area contributed by atoms with Crippen molar-refractivity contribution in [1.29, 1.82) is 0 Å². The van der Waals surface area contributed by atoms with E-state index in [2.05, 4.69) is 47.8 Å². The molecule has 1 fully saturated rings. The van der Waals surface area contributed by atoms with Crippen LogP contribution >= 0.6 is 11.3 Å². The maximum atomic E-state index is 12.3. The van der Waals surface area contributed by atoms with Gasteiger partial charge in [-0.25, -0.2) is 0 Å². The fourth-order valence-corrected chi connectivity index (χ4v) is 3.51. The van der Waals surface area contributed by atoms with E-state index in [4.69, 9.17) is 0 Å². The Hall–Kier alpha value is -0.910. The second-order valence-corrected chi connectivity index (χ2v) is 6.81. The quantitative estimate of drug-likeness (QED) is 0.871. The molecule has 0 aliphatic carbocycles. The van der Waals surface area contributed by atoms with Crippen LogP contribution < -0.4 is 10.6 Å². The lowest BCUT2D eigenvalue weighted by molar-refractivity contribution is -0.124. The smallest absolute Gasteiger partial charge is 0.234 e. The highest BCUT2D eigenvalue weighted by atomic mass is 32.1. The van der Waals surface area contributed by atoms with Crippen molar-refractivity contribution in [3.05, 3.63) is 22.4 Å². The predicted octanol–water partition coefficient (Wildman–Crippen LogP) is 1.86. The van der Waals surface area contributed by atoms with Gasteiger partial charge in [0.15, 0.2) is 0 Å². The number of carbonyl (C=O) groups is 1. The molecule has 5 heteroatoms. The van der Waals surface area contributed by atoms with E-state index in [-0.39, 0.29) is 11.9 Å². The van der Waals surface area contributed by atoms with Crippen LogP contribution in [-0.4, -0.2) is 43.0 Å². The van der Waals surface area contributed by atoms with Crippen molar-refractivity contribution >= 4 is 17.2 Å². The van der Waals surface area contributed by atoms with Crippen LogP contribution in [0.5, 0.6) is 0 Å². The molecule has 1 amide bonds. The Balaban J connectivity index is 1.91. The zero-order chi connectivity index (χ0) is 14.5. The van der Waals surface area contributed by atoms with Crippen LogP contribution in [0, 0.1) is 5.92 Å². The Bertz CT molecular complexity index is 419. The first-order chi connectivity index (χ1) is 9.58. The number of thiophene rings is 1. The van der Waals surface area contributed by atoms with Crippen LogP contribution in [0.3, 0.4) is 0 Å². The molecule has 0 radical (unpaired) electrons. The molecular weight excluding hydrogens is 270 g/mol. The highest BCUT2D eigenvalue weighted by molar-refractivity contribution is 7.10. The van der Waals surface area contributed by atoms with Crippen molar-refractivity contribution in [2.75, 3.05) is 26.2 Å². The van der Waals surface area contributed by atoms with E-state index in [9.17, 15) is 4.79 Å². The molecule has 1 aromatic rings. The summed E-state index contributed by atoms with van der Waals surface area (Å²) in [6.45, 7) is 9.84. The summed E-state index contributed by atoms with van der Waals surface area (Å²) >= 11 is 1.71. The van der Waals surface area contributed by atoms with E-state index in [0.29, 0.717) is 18.5 Å². The second-order valence-electron chi connectivity index (χ2n) is 5.83. The number of piperazine rings is 1. The molecule has 20 heavy (non-hydrogen) atoms. The van der Waals surface area contributed by atoms with E-state index in [1.807, 2.05) is 6.07 Å². The Morgan fingerprint density at radius 1 is 1.60 bits per heavy atom. The van der Waals surface area contributed by atoms with Gasteiger partial charge in [-0.1, -0.05) is 19.9 Å². The van der Waals surface area contributed by atoms with Crippen LogP contribution in [0.2, 0.25) is 0 Å². The minimum absolute atomic E-state index is 0.126. The average Bonchev–Trinajstić information content (AvgIpc) is 2.92. The molecule has 0 saturated carbocycles. The first-order valence-electron chi connectivity index (χ1n) is 7.35. The average molecular weight is 295 g/mol. The normalized spacial score (nSPS) is 21.9. The number of rotatable bonds is 5. The van der Waals surface area contributed by atoms with Crippen molar-refractivity contribution in [1.82, 2.24) is 15.5 Å². The molecule has 112 valence electrons. The minimum atomic E-state index is 0.126. The second kappa shape index (κ2) is 7.20. The van der Waals surface area contributed by atoms with Gasteiger partial charge in [0.2, 0.25) is 5.91 Å². The van der Waals surface area contributed by atoms with Gasteiger partial charge in [0.05, 0.1) is 12.6 Å². The van der Waals surface area contributed by atoms with Crippen molar-refractivity contribution in [2.45, 2.75) is 32.9 Å². The summed E-state index contributed by atoms with van der Waals surface area (Å²) in [7, 11) is 0. The topological polar surface area (TPSA) is 44.4 Å². The first kappa shape index (κ1) is 15.5. The Labute approximate surface area is 125 Å². The minimum Gasteiger partial charge on any atom is -0.347 e. The molecule has 1 unspecified atom stereocenters.